The molecule has 0 aromatic heterocycles. The van der Waals surface area contributed by atoms with Crippen LogP contribution in [0.2, 0.25) is 10.0 Å². The van der Waals surface area contributed by atoms with Gasteiger partial charge in [-0.2, -0.15) is 0 Å². The molecule has 2 aromatic rings. The van der Waals surface area contributed by atoms with Gasteiger partial charge in [-0.3, -0.25) is 4.79 Å². The van der Waals surface area contributed by atoms with Crippen LogP contribution in [0, 0.1) is 0 Å². The maximum absolute atomic E-state index is 12.4. The van der Waals surface area contributed by atoms with Gasteiger partial charge in [-0.05, 0) is 49.2 Å². The van der Waals surface area contributed by atoms with Crippen molar-refractivity contribution in [2.75, 3.05) is 0 Å². The molecular formula is C16H12Cl2O2. The molecule has 1 aliphatic rings. The molecule has 0 N–H and O–H groups in total. The van der Waals surface area contributed by atoms with Crippen molar-refractivity contribution >= 4 is 29.0 Å². The van der Waals surface area contributed by atoms with E-state index in [0.717, 1.165) is 18.6 Å². The number of rotatable bonds is 4. The number of carbonyl (C=O) groups is 1. The van der Waals surface area contributed by atoms with Crippen LogP contribution in [0.5, 0.6) is 5.75 Å². The van der Waals surface area contributed by atoms with Gasteiger partial charge in [-0.1, -0.05) is 29.3 Å². The fourth-order valence-corrected chi connectivity index (χ4v) is 2.49. The second-order valence-corrected chi connectivity index (χ2v) is 5.58. The fourth-order valence-electron chi connectivity index (χ4n) is 1.92. The summed E-state index contributed by atoms with van der Waals surface area (Å²) in [6, 6.07) is 12.1. The maximum atomic E-state index is 12.4. The number of hydrogen-bond acceptors (Lipinski definition) is 2. The molecule has 0 unspecified atom stereocenters. The molecule has 1 aliphatic carbocycles. The Hall–Kier alpha value is -1.51. The van der Waals surface area contributed by atoms with Crippen LogP contribution in [0.15, 0.2) is 42.5 Å². The monoisotopic (exact) mass is 306 g/mol. The van der Waals surface area contributed by atoms with Crippen LogP contribution >= 0.6 is 23.2 Å². The summed E-state index contributed by atoms with van der Waals surface area (Å²) in [5.41, 5.74) is 0.884. The van der Waals surface area contributed by atoms with Crippen LogP contribution < -0.4 is 4.74 Å². The number of ketones is 1. The molecule has 0 heterocycles. The lowest BCUT2D eigenvalue weighted by Gasteiger charge is -2.08. The van der Waals surface area contributed by atoms with Crippen LogP contribution in [0.4, 0.5) is 0 Å². The highest BCUT2D eigenvalue weighted by atomic mass is 35.5. The third-order valence-electron chi connectivity index (χ3n) is 3.13. The Morgan fingerprint density at radius 2 is 1.60 bits per heavy atom. The molecule has 0 bridgehead atoms. The highest BCUT2D eigenvalue weighted by molar-refractivity contribution is 6.41. The van der Waals surface area contributed by atoms with Crippen LogP contribution in [-0.4, -0.2) is 11.9 Å². The van der Waals surface area contributed by atoms with Crippen LogP contribution in [0.1, 0.15) is 28.8 Å². The van der Waals surface area contributed by atoms with E-state index in [2.05, 4.69) is 0 Å². The van der Waals surface area contributed by atoms with Gasteiger partial charge in [-0.25, -0.2) is 0 Å². The van der Waals surface area contributed by atoms with Gasteiger partial charge < -0.3 is 4.74 Å². The van der Waals surface area contributed by atoms with Gasteiger partial charge in [0.05, 0.1) is 21.7 Å². The van der Waals surface area contributed by atoms with E-state index < -0.39 is 0 Å². The zero-order chi connectivity index (χ0) is 14.1. The lowest BCUT2D eigenvalue weighted by Crippen LogP contribution is -2.03. The van der Waals surface area contributed by atoms with E-state index in [-0.39, 0.29) is 5.78 Å². The normalized spacial score (nSPS) is 14.1. The first kappa shape index (κ1) is 13.5. The Bertz CT molecular complexity index is 626. The summed E-state index contributed by atoms with van der Waals surface area (Å²) in [7, 11) is 0. The van der Waals surface area contributed by atoms with Gasteiger partial charge >= 0.3 is 0 Å². The minimum atomic E-state index is -0.182. The molecule has 2 aromatic carbocycles. The molecular weight excluding hydrogens is 295 g/mol. The highest BCUT2D eigenvalue weighted by Crippen LogP contribution is 2.29. The standard InChI is InChI=1S/C16H12Cl2O2/c17-13-2-1-3-14(18)15(13)16(19)10-4-6-11(7-5-10)20-12-8-9-12/h1-7,12H,8-9H2. The predicted molar refractivity (Wildman–Crippen MR) is 80.0 cm³/mol. The van der Waals surface area contributed by atoms with E-state index >= 15 is 0 Å². The fraction of sp³-hybridized carbons (Fsp3) is 0.188. The van der Waals surface area contributed by atoms with Crippen molar-refractivity contribution in [3.05, 3.63) is 63.6 Å². The van der Waals surface area contributed by atoms with Crippen molar-refractivity contribution < 1.29 is 9.53 Å². The van der Waals surface area contributed by atoms with E-state index in [4.69, 9.17) is 27.9 Å². The molecule has 0 atom stereocenters. The molecule has 0 radical (unpaired) electrons. The first-order chi connectivity index (χ1) is 9.65. The number of benzene rings is 2. The Morgan fingerprint density at radius 3 is 2.15 bits per heavy atom. The summed E-state index contributed by atoms with van der Waals surface area (Å²) in [6.07, 6.45) is 2.56. The van der Waals surface area contributed by atoms with Crippen molar-refractivity contribution in [3.63, 3.8) is 0 Å². The molecule has 0 spiro atoms. The van der Waals surface area contributed by atoms with Crippen molar-refractivity contribution in [2.45, 2.75) is 18.9 Å². The molecule has 0 aliphatic heterocycles. The minimum Gasteiger partial charge on any atom is -0.490 e. The smallest absolute Gasteiger partial charge is 0.196 e. The van der Waals surface area contributed by atoms with E-state index in [1.54, 1.807) is 42.5 Å². The lowest BCUT2D eigenvalue weighted by atomic mass is 10.0. The lowest BCUT2D eigenvalue weighted by molar-refractivity contribution is 0.103. The number of ether oxygens (including phenoxy) is 1. The zero-order valence-electron chi connectivity index (χ0n) is 10.6. The molecule has 20 heavy (non-hydrogen) atoms. The van der Waals surface area contributed by atoms with Gasteiger partial charge in [0.1, 0.15) is 5.75 Å². The zero-order valence-corrected chi connectivity index (χ0v) is 12.1. The average molecular weight is 307 g/mol. The first-order valence-corrected chi connectivity index (χ1v) is 7.16. The highest BCUT2D eigenvalue weighted by Gasteiger charge is 2.23. The minimum absolute atomic E-state index is 0.182. The first-order valence-electron chi connectivity index (χ1n) is 6.40. The summed E-state index contributed by atoms with van der Waals surface area (Å²) in [5, 5.41) is 0.724. The van der Waals surface area contributed by atoms with Gasteiger partial charge in [0.2, 0.25) is 0 Å². The number of carbonyl (C=O) groups excluding carboxylic acids is 1. The second-order valence-electron chi connectivity index (χ2n) is 4.77. The molecule has 0 amide bonds. The topological polar surface area (TPSA) is 26.3 Å². The molecule has 2 nitrogen and oxygen atoms in total. The van der Waals surface area contributed by atoms with Gasteiger partial charge in [-0.15, -0.1) is 0 Å². The van der Waals surface area contributed by atoms with E-state index in [9.17, 15) is 4.79 Å². The third-order valence-corrected chi connectivity index (χ3v) is 3.76. The Balaban J connectivity index is 1.86. The predicted octanol–water partition coefficient (Wildman–Crippen LogP) is 4.77. The quantitative estimate of drug-likeness (QED) is 0.761. The molecule has 102 valence electrons. The van der Waals surface area contributed by atoms with Crippen molar-refractivity contribution in [1.82, 2.24) is 0 Å². The second kappa shape index (κ2) is 5.47. The van der Waals surface area contributed by atoms with E-state index in [0.29, 0.717) is 27.3 Å². The summed E-state index contributed by atoms with van der Waals surface area (Å²) in [4.78, 5) is 12.4. The van der Waals surface area contributed by atoms with Crippen molar-refractivity contribution in [1.29, 1.82) is 0 Å². The third kappa shape index (κ3) is 2.82. The molecule has 4 heteroatoms. The van der Waals surface area contributed by atoms with Gasteiger partial charge in [0.25, 0.3) is 0 Å². The maximum Gasteiger partial charge on any atom is 0.196 e. The van der Waals surface area contributed by atoms with Gasteiger partial charge in [0, 0.05) is 5.56 Å². The van der Waals surface area contributed by atoms with Crippen LogP contribution in [0.3, 0.4) is 0 Å². The summed E-state index contributed by atoms with van der Waals surface area (Å²) in [5.74, 6) is 0.605. The van der Waals surface area contributed by atoms with E-state index in [1.165, 1.54) is 0 Å². The summed E-state index contributed by atoms with van der Waals surface area (Å²) in [6.45, 7) is 0. The summed E-state index contributed by atoms with van der Waals surface area (Å²) < 4.78 is 5.65. The SMILES string of the molecule is O=C(c1ccc(OC2CC2)cc1)c1c(Cl)cccc1Cl. The van der Waals surface area contributed by atoms with Crippen LogP contribution in [-0.2, 0) is 0 Å². The number of hydrogen-bond donors (Lipinski definition) is 0. The molecule has 1 saturated carbocycles. The van der Waals surface area contributed by atoms with Crippen LogP contribution in [0.25, 0.3) is 0 Å². The largest absolute Gasteiger partial charge is 0.490 e. The molecule has 3 rings (SSSR count). The summed E-state index contributed by atoms with van der Waals surface area (Å²) >= 11 is 12.1. The van der Waals surface area contributed by atoms with Crippen molar-refractivity contribution in [3.8, 4) is 5.75 Å². The molecule has 0 saturated heterocycles. The molecule has 1 fully saturated rings. The Kier molecular flexibility index (Phi) is 3.68. The Morgan fingerprint density at radius 1 is 1.00 bits per heavy atom. The Labute approximate surface area is 127 Å². The van der Waals surface area contributed by atoms with E-state index in [1.807, 2.05) is 0 Å². The van der Waals surface area contributed by atoms with Gasteiger partial charge in [0.15, 0.2) is 5.78 Å². The number of halogens is 2. The van der Waals surface area contributed by atoms with Crippen molar-refractivity contribution in [2.24, 2.45) is 0 Å². The average Bonchev–Trinajstić information content (AvgIpc) is 3.23.